The van der Waals surface area contributed by atoms with Crippen LogP contribution in [0.4, 0.5) is 0 Å². The molecule has 170 valence electrons. The van der Waals surface area contributed by atoms with Gasteiger partial charge >= 0.3 is 0 Å². The van der Waals surface area contributed by atoms with Gasteiger partial charge in [0.2, 0.25) is 0 Å². The maximum atomic E-state index is 11.0. The fourth-order valence-corrected chi connectivity index (χ4v) is 4.92. The summed E-state index contributed by atoms with van der Waals surface area (Å²) in [4.78, 5) is 0.270. The van der Waals surface area contributed by atoms with Crippen molar-refractivity contribution in [2.75, 3.05) is 6.66 Å². The number of ether oxygens (including phenoxy) is 2. The Morgan fingerprint density at radius 2 is 1.21 bits per heavy atom. The number of hydrogen-bond acceptors (Lipinski definition) is 4. The molecule has 0 aromatic heterocycles. The standard InChI is InChI=1S/C27H27O4PS/c1-27(2,21-6-10-23(11-7-21)31-25-16-18-32(3)19-17-25)20-4-8-22(9-5-20)30-24-12-14-26(15-13-24)33(28)29/h4-19,32-33H,1-3H3. The maximum Gasteiger partial charge on any atom is 0.168 e. The molecule has 1 unspecified atom stereocenters. The SMILES string of the molecule is C[PH]1=CC=C(Oc2ccc(C(C)(C)c3ccc(Oc4ccc([SH](=O)=O)cc4)cc3)cc2)C=C1. The van der Waals surface area contributed by atoms with Crippen LogP contribution in [0.25, 0.3) is 0 Å². The fraction of sp³-hybridized carbons (Fsp3) is 0.148. The Morgan fingerprint density at radius 3 is 1.67 bits per heavy atom. The summed E-state index contributed by atoms with van der Waals surface area (Å²) < 4.78 is 33.9. The second-order valence-corrected chi connectivity index (χ2v) is 11.6. The normalized spacial score (nSPS) is 15.6. The monoisotopic (exact) mass is 478 g/mol. The van der Waals surface area contributed by atoms with Crippen LogP contribution in [-0.2, 0) is 16.1 Å². The van der Waals surface area contributed by atoms with Gasteiger partial charge in [-0.3, -0.25) is 0 Å². The van der Waals surface area contributed by atoms with Crippen molar-refractivity contribution in [3.63, 3.8) is 0 Å². The molecular formula is C27H27O4PS. The van der Waals surface area contributed by atoms with E-state index < -0.39 is 18.2 Å². The lowest BCUT2D eigenvalue weighted by Gasteiger charge is -2.26. The van der Waals surface area contributed by atoms with Crippen molar-refractivity contribution in [2.45, 2.75) is 24.2 Å². The summed E-state index contributed by atoms with van der Waals surface area (Å²) in [7, 11) is -3.08. The smallest absolute Gasteiger partial charge is 0.168 e. The van der Waals surface area contributed by atoms with Crippen LogP contribution in [0.2, 0.25) is 0 Å². The van der Waals surface area contributed by atoms with E-state index in [1.807, 2.05) is 24.3 Å². The molecule has 0 saturated carbocycles. The molecule has 33 heavy (non-hydrogen) atoms. The summed E-state index contributed by atoms with van der Waals surface area (Å²) >= 11 is 0. The van der Waals surface area contributed by atoms with Crippen LogP contribution in [0.1, 0.15) is 25.0 Å². The summed E-state index contributed by atoms with van der Waals surface area (Å²) in [5, 5.41) is 0. The first-order chi connectivity index (χ1) is 15.8. The van der Waals surface area contributed by atoms with E-state index in [1.54, 1.807) is 12.1 Å². The third-order valence-corrected chi connectivity index (χ3v) is 7.80. The van der Waals surface area contributed by atoms with Gasteiger partial charge in [0.1, 0.15) is 23.0 Å². The Hall–Kier alpha value is -3.01. The molecule has 6 heteroatoms. The van der Waals surface area contributed by atoms with Crippen molar-refractivity contribution < 1.29 is 17.9 Å². The molecule has 4 rings (SSSR count). The van der Waals surface area contributed by atoms with Crippen LogP contribution in [0, 0.1) is 0 Å². The zero-order valence-electron chi connectivity index (χ0n) is 18.8. The number of hydrogen-bond donors (Lipinski definition) is 1. The van der Waals surface area contributed by atoms with Gasteiger partial charge in [0, 0.05) is 5.41 Å². The van der Waals surface area contributed by atoms with E-state index in [0.29, 0.717) is 11.5 Å². The number of thiol groups is 1. The highest BCUT2D eigenvalue weighted by Gasteiger charge is 2.23. The van der Waals surface area contributed by atoms with E-state index in [1.165, 1.54) is 17.7 Å². The van der Waals surface area contributed by atoms with Gasteiger partial charge in [0.05, 0.1) is 4.90 Å². The Kier molecular flexibility index (Phi) is 6.92. The first kappa shape index (κ1) is 23.2. The summed E-state index contributed by atoms with van der Waals surface area (Å²) in [5.74, 6) is 7.41. The van der Waals surface area contributed by atoms with Gasteiger partial charge < -0.3 is 9.47 Å². The zero-order chi connectivity index (χ0) is 23.4. The van der Waals surface area contributed by atoms with Gasteiger partial charge in [0.25, 0.3) is 0 Å². The molecule has 4 nitrogen and oxygen atoms in total. The lowest BCUT2D eigenvalue weighted by atomic mass is 9.78. The summed E-state index contributed by atoms with van der Waals surface area (Å²) in [6, 6.07) is 22.6. The molecule has 0 fully saturated rings. The molecule has 0 aliphatic carbocycles. The Balaban J connectivity index is 1.45. The van der Waals surface area contributed by atoms with Crippen LogP contribution >= 0.6 is 7.55 Å². The molecule has 1 aliphatic rings. The number of benzene rings is 3. The van der Waals surface area contributed by atoms with Crippen LogP contribution in [0.5, 0.6) is 17.2 Å². The van der Waals surface area contributed by atoms with E-state index >= 15 is 0 Å². The van der Waals surface area contributed by atoms with Crippen LogP contribution in [0.3, 0.4) is 0 Å². The molecule has 1 heterocycles. The van der Waals surface area contributed by atoms with Crippen molar-refractivity contribution in [3.05, 3.63) is 108 Å². The van der Waals surface area contributed by atoms with Gasteiger partial charge in [-0.05, 0) is 78.5 Å². The predicted octanol–water partition coefficient (Wildman–Crippen LogP) is 6.21. The lowest BCUT2D eigenvalue weighted by molar-refractivity contribution is 0.445. The molecule has 0 amide bonds. The zero-order valence-corrected chi connectivity index (χ0v) is 20.7. The second kappa shape index (κ2) is 9.86. The number of allylic oxidation sites excluding steroid dienone is 2. The minimum Gasteiger partial charge on any atom is -0.457 e. The Labute approximate surface area is 197 Å². The van der Waals surface area contributed by atoms with Crippen molar-refractivity contribution in [1.29, 1.82) is 0 Å². The lowest BCUT2D eigenvalue weighted by Crippen LogP contribution is -2.18. The van der Waals surface area contributed by atoms with Gasteiger partial charge in [-0.1, -0.05) is 57.3 Å². The third kappa shape index (κ3) is 5.68. The van der Waals surface area contributed by atoms with Crippen molar-refractivity contribution in [3.8, 4) is 17.2 Å². The highest BCUT2D eigenvalue weighted by Crippen LogP contribution is 2.34. The minimum atomic E-state index is -2.59. The molecular weight excluding hydrogens is 451 g/mol. The fourth-order valence-electron chi connectivity index (χ4n) is 3.56. The molecule has 3 aromatic carbocycles. The average molecular weight is 479 g/mol. The Morgan fingerprint density at radius 1 is 0.727 bits per heavy atom. The van der Waals surface area contributed by atoms with Gasteiger partial charge in [-0.25, -0.2) is 8.42 Å². The minimum absolute atomic E-state index is 0.199. The molecule has 3 aromatic rings. The predicted molar refractivity (Wildman–Crippen MR) is 138 cm³/mol. The average Bonchev–Trinajstić information content (AvgIpc) is 2.82. The van der Waals surface area contributed by atoms with E-state index in [2.05, 4.69) is 68.5 Å². The molecule has 1 aliphatic heterocycles. The van der Waals surface area contributed by atoms with Crippen LogP contribution < -0.4 is 9.47 Å². The summed E-state index contributed by atoms with van der Waals surface area (Å²) in [5.41, 5.74) is 2.15. The molecule has 0 radical (unpaired) electrons. The van der Waals surface area contributed by atoms with E-state index in [4.69, 9.17) is 9.47 Å². The molecule has 1 atom stereocenters. The largest absolute Gasteiger partial charge is 0.457 e. The first-order valence-electron chi connectivity index (χ1n) is 10.7. The Bertz CT molecular complexity index is 1290. The maximum absolute atomic E-state index is 11.0. The highest BCUT2D eigenvalue weighted by atomic mass is 32.2. The van der Waals surface area contributed by atoms with Crippen LogP contribution in [0.15, 0.2) is 101 Å². The van der Waals surface area contributed by atoms with E-state index in [0.717, 1.165) is 17.1 Å². The van der Waals surface area contributed by atoms with E-state index in [9.17, 15) is 8.42 Å². The summed E-state index contributed by atoms with van der Waals surface area (Å²) in [6.07, 6.45) is 4.10. The molecule has 0 saturated heterocycles. The first-order valence-corrected chi connectivity index (χ1v) is 14.0. The van der Waals surface area contributed by atoms with Crippen LogP contribution in [-0.4, -0.2) is 20.9 Å². The van der Waals surface area contributed by atoms with Gasteiger partial charge in [-0.2, -0.15) is 0 Å². The second-order valence-electron chi connectivity index (χ2n) is 8.44. The molecule has 0 N–H and O–H groups in total. The molecule has 0 spiro atoms. The third-order valence-electron chi connectivity index (χ3n) is 5.69. The van der Waals surface area contributed by atoms with Gasteiger partial charge in [0.15, 0.2) is 10.7 Å². The summed E-state index contributed by atoms with van der Waals surface area (Å²) in [6.45, 7) is 6.61. The highest BCUT2D eigenvalue weighted by molar-refractivity contribution is 7.72. The van der Waals surface area contributed by atoms with Gasteiger partial charge in [-0.15, -0.1) is 0 Å². The van der Waals surface area contributed by atoms with Crippen molar-refractivity contribution in [1.82, 2.24) is 0 Å². The van der Waals surface area contributed by atoms with E-state index in [-0.39, 0.29) is 10.3 Å². The topological polar surface area (TPSA) is 52.6 Å². The van der Waals surface area contributed by atoms with Crippen molar-refractivity contribution >= 4 is 24.0 Å². The quantitative estimate of drug-likeness (QED) is 0.324. The number of rotatable bonds is 7. The molecule has 0 bridgehead atoms. The van der Waals surface area contributed by atoms with Crippen molar-refractivity contribution in [2.24, 2.45) is 0 Å².